The minimum absolute atomic E-state index is 0.137. The molecule has 2 unspecified atom stereocenters. The van der Waals surface area contributed by atoms with E-state index in [0.29, 0.717) is 23.0 Å². The second kappa shape index (κ2) is 6.01. The van der Waals surface area contributed by atoms with E-state index in [1.165, 1.54) is 17.4 Å². The molecule has 0 bridgehead atoms. The first-order valence-electron chi connectivity index (χ1n) is 6.55. The number of rotatable bonds is 3. The smallest absolute Gasteiger partial charge is 0.244 e. The van der Waals surface area contributed by atoms with Crippen LogP contribution in [0.3, 0.4) is 0 Å². The first-order chi connectivity index (χ1) is 9.34. The van der Waals surface area contributed by atoms with E-state index in [1.54, 1.807) is 12.1 Å². The fourth-order valence-electron chi connectivity index (χ4n) is 2.57. The highest BCUT2D eigenvalue weighted by Gasteiger charge is 2.35. The Morgan fingerprint density at radius 1 is 1.35 bits per heavy atom. The average Bonchev–Trinajstić information content (AvgIpc) is 2.41. The highest BCUT2D eigenvalue weighted by molar-refractivity contribution is 9.10. The molecule has 0 saturated heterocycles. The van der Waals surface area contributed by atoms with Crippen molar-refractivity contribution in [2.75, 3.05) is 12.8 Å². The minimum atomic E-state index is -3.68. The van der Waals surface area contributed by atoms with Crippen molar-refractivity contribution in [1.29, 1.82) is 0 Å². The Hall–Kier alpha value is -0.630. The molecule has 5 nitrogen and oxygen atoms in total. The van der Waals surface area contributed by atoms with E-state index in [0.717, 1.165) is 12.8 Å². The number of hydrogen-bond donors (Lipinski definition) is 2. The number of likely N-dealkylation sites (N-methyl/N-ethyl adjacent to an activating group) is 1. The van der Waals surface area contributed by atoms with Crippen LogP contribution in [-0.2, 0) is 10.0 Å². The molecule has 1 aromatic carbocycles. The second-order valence-electron chi connectivity index (χ2n) is 5.13. The summed E-state index contributed by atoms with van der Waals surface area (Å²) in [5.74, 6) is 0. The van der Waals surface area contributed by atoms with E-state index in [2.05, 4.69) is 15.9 Å². The highest BCUT2D eigenvalue weighted by atomic mass is 79.9. The Morgan fingerprint density at radius 2 is 2.00 bits per heavy atom. The first kappa shape index (κ1) is 15.8. The number of benzene rings is 1. The topological polar surface area (TPSA) is 83.6 Å². The number of nitrogen functional groups attached to an aromatic ring is 1. The molecule has 0 spiro atoms. The Bertz CT molecular complexity index is 591. The lowest BCUT2D eigenvalue weighted by atomic mass is 9.93. The van der Waals surface area contributed by atoms with Crippen LogP contribution in [0.15, 0.2) is 27.6 Å². The molecule has 7 heteroatoms. The number of anilines is 1. The zero-order valence-corrected chi connectivity index (χ0v) is 13.7. The molecule has 0 aliphatic heterocycles. The van der Waals surface area contributed by atoms with Gasteiger partial charge in [-0.05, 0) is 47.0 Å². The van der Waals surface area contributed by atoms with Crippen molar-refractivity contribution in [3.05, 3.63) is 22.7 Å². The fraction of sp³-hybridized carbons (Fsp3) is 0.538. The normalized spacial score (nSPS) is 24.0. The van der Waals surface area contributed by atoms with E-state index >= 15 is 0 Å². The molecule has 1 fully saturated rings. The molecule has 0 amide bonds. The van der Waals surface area contributed by atoms with Gasteiger partial charge in [-0.3, -0.25) is 0 Å². The molecular weight excluding hydrogens is 344 g/mol. The number of aliphatic hydroxyl groups is 1. The van der Waals surface area contributed by atoms with E-state index < -0.39 is 16.1 Å². The molecule has 1 saturated carbocycles. The Morgan fingerprint density at radius 3 is 2.65 bits per heavy atom. The van der Waals surface area contributed by atoms with Gasteiger partial charge in [-0.2, -0.15) is 4.31 Å². The third-order valence-corrected chi connectivity index (χ3v) is 6.65. The van der Waals surface area contributed by atoms with Crippen molar-refractivity contribution < 1.29 is 13.5 Å². The van der Waals surface area contributed by atoms with Gasteiger partial charge in [0.1, 0.15) is 0 Å². The molecule has 3 N–H and O–H groups in total. The summed E-state index contributed by atoms with van der Waals surface area (Å²) in [5, 5.41) is 10.0. The van der Waals surface area contributed by atoms with Crippen molar-refractivity contribution >= 4 is 31.6 Å². The maximum atomic E-state index is 12.7. The number of hydrogen-bond acceptors (Lipinski definition) is 4. The van der Waals surface area contributed by atoms with Crippen LogP contribution < -0.4 is 5.73 Å². The SMILES string of the molecule is CN(C1CCCCC1O)S(=O)(=O)c1cc(N)ccc1Br. The summed E-state index contributed by atoms with van der Waals surface area (Å²) >= 11 is 3.25. The van der Waals surface area contributed by atoms with Gasteiger partial charge in [-0.15, -0.1) is 0 Å². The quantitative estimate of drug-likeness (QED) is 0.805. The summed E-state index contributed by atoms with van der Waals surface area (Å²) in [6, 6.07) is 4.32. The number of nitrogens with two attached hydrogens (primary N) is 1. The standard InChI is InChI=1S/C13H19BrN2O3S/c1-16(11-4-2-3-5-12(11)17)20(18,19)13-8-9(15)6-7-10(13)14/h6-8,11-12,17H,2-5,15H2,1H3. The molecule has 2 atom stereocenters. The van der Waals surface area contributed by atoms with E-state index in [1.807, 2.05) is 0 Å². The Labute approximate surface area is 128 Å². The Balaban J connectivity index is 2.36. The molecule has 2 rings (SSSR count). The predicted octanol–water partition coefficient (Wildman–Crippen LogP) is 1.96. The maximum absolute atomic E-state index is 12.7. The maximum Gasteiger partial charge on any atom is 0.244 e. The van der Waals surface area contributed by atoms with Gasteiger partial charge >= 0.3 is 0 Å². The average molecular weight is 363 g/mol. The highest BCUT2D eigenvalue weighted by Crippen LogP contribution is 2.31. The van der Waals surface area contributed by atoms with Crippen LogP contribution in [0.5, 0.6) is 0 Å². The summed E-state index contributed by atoms with van der Waals surface area (Å²) in [6.45, 7) is 0. The van der Waals surface area contributed by atoms with E-state index in [4.69, 9.17) is 5.73 Å². The van der Waals surface area contributed by atoms with Crippen LogP contribution in [-0.4, -0.2) is 37.0 Å². The van der Waals surface area contributed by atoms with Gasteiger partial charge in [-0.25, -0.2) is 8.42 Å². The van der Waals surface area contributed by atoms with Gasteiger partial charge in [0.05, 0.1) is 17.0 Å². The van der Waals surface area contributed by atoms with Gasteiger partial charge in [0, 0.05) is 17.2 Å². The zero-order chi connectivity index (χ0) is 14.9. The van der Waals surface area contributed by atoms with Crippen LogP contribution in [0, 0.1) is 0 Å². The van der Waals surface area contributed by atoms with Crippen molar-refractivity contribution in [2.45, 2.75) is 42.7 Å². The lowest BCUT2D eigenvalue weighted by molar-refractivity contribution is 0.0638. The van der Waals surface area contributed by atoms with Crippen LogP contribution >= 0.6 is 15.9 Å². The number of sulfonamides is 1. The van der Waals surface area contributed by atoms with Crippen LogP contribution in [0.4, 0.5) is 5.69 Å². The van der Waals surface area contributed by atoms with Crippen molar-refractivity contribution in [1.82, 2.24) is 4.31 Å². The lowest BCUT2D eigenvalue weighted by Gasteiger charge is -2.34. The van der Waals surface area contributed by atoms with Gasteiger partial charge < -0.3 is 10.8 Å². The van der Waals surface area contributed by atoms with E-state index in [9.17, 15) is 13.5 Å². The minimum Gasteiger partial charge on any atom is -0.399 e. The molecule has 1 aliphatic carbocycles. The largest absolute Gasteiger partial charge is 0.399 e. The summed E-state index contributed by atoms with van der Waals surface area (Å²) < 4.78 is 27.1. The molecular formula is C13H19BrN2O3S. The summed E-state index contributed by atoms with van der Waals surface area (Å²) in [6.07, 6.45) is 2.58. The van der Waals surface area contributed by atoms with Gasteiger partial charge in [0.15, 0.2) is 0 Å². The van der Waals surface area contributed by atoms with Crippen molar-refractivity contribution in [3.63, 3.8) is 0 Å². The van der Waals surface area contributed by atoms with Crippen LogP contribution in [0.1, 0.15) is 25.7 Å². The number of nitrogens with zero attached hydrogens (tertiary/aromatic N) is 1. The third kappa shape index (κ3) is 3.00. The predicted molar refractivity (Wildman–Crippen MR) is 81.8 cm³/mol. The molecule has 112 valence electrons. The van der Waals surface area contributed by atoms with Gasteiger partial charge in [0.25, 0.3) is 0 Å². The summed E-state index contributed by atoms with van der Waals surface area (Å²) in [4.78, 5) is 0.137. The van der Waals surface area contributed by atoms with Crippen molar-refractivity contribution in [3.8, 4) is 0 Å². The monoisotopic (exact) mass is 362 g/mol. The summed E-state index contributed by atoms with van der Waals surface area (Å²) in [5.41, 5.74) is 6.07. The first-order valence-corrected chi connectivity index (χ1v) is 8.78. The zero-order valence-electron chi connectivity index (χ0n) is 11.3. The second-order valence-corrected chi connectivity index (χ2v) is 7.95. The summed E-state index contributed by atoms with van der Waals surface area (Å²) in [7, 11) is -2.16. The van der Waals surface area contributed by atoms with E-state index in [-0.39, 0.29) is 10.9 Å². The molecule has 0 heterocycles. The van der Waals surface area contributed by atoms with Gasteiger partial charge in [0.2, 0.25) is 10.0 Å². The number of aliphatic hydroxyl groups excluding tert-OH is 1. The molecule has 1 aliphatic rings. The third-order valence-electron chi connectivity index (χ3n) is 3.77. The molecule has 1 aromatic rings. The molecule has 0 aromatic heterocycles. The van der Waals surface area contributed by atoms with Crippen LogP contribution in [0.25, 0.3) is 0 Å². The Kier molecular flexibility index (Phi) is 4.73. The van der Waals surface area contributed by atoms with Gasteiger partial charge in [-0.1, -0.05) is 12.8 Å². The number of halogens is 1. The van der Waals surface area contributed by atoms with Crippen molar-refractivity contribution in [2.24, 2.45) is 0 Å². The van der Waals surface area contributed by atoms with Crippen LogP contribution in [0.2, 0.25) is 0 Å². The molecule has 20 heavy (non-hydrogen) atoms. The lowest BCUT2D eigenvalue weighted by Crippen LogP contribution is -2.46. The molecule has 0 radical (unpaired) electrons. The fourth-order valence-corrected chi connectivity index (χ4v) is 4.94.